The number of hydrogen-bond acceptors (Lipinski definition) is 2. The van der Waals surface area contributed by atoms with Crippen LogP contribution in [0.15, 0.2) is 18.2 Å². The summed E-state index contributed by atoms with van der Waals surface area (Å²) in [5.41, 5.74) is -0.255. The zero-order valence-electron chi connectivity index (χ0n) is 9.84. The maximum Gasteiger partial charge on any atom is 0.142 e. The predicted octanol–water partition coefficient (Wildman–Crippen LogP) is 2.52. The molecule has 2 rings (SSSR count). The summed E-state index contributed by atoms with van der Waals surface area (Å²) < 4.78 is 13.2. The molecule has 1 unspecified atom stereocenters. The molecule has 0 aliphatic heterocycles. The van der Waals surface area contributed by atoms with Gasteiger partial charge in [-0.1, -0.05) is 23.7 Å². The van der Waals surface area contributed by atoms with Gasteiger partial charge in [0, 0.05) is 19.0 Å². The highest BCUT2D eigenvalue weighted by atomic mass is 35.5. The van der Waals surface area contributed by atoms with E-state index >= 15 is 0 Å². The zero-order valence-corrected chi connectivity index (χ0v) is 10.6. The molecule has 94 valence electrons. The fourth-order valence-electron chi connectivity index (χ4n) is 1.81. The van der Waals surface area contributed by atoms with Crippen molar-refractivity contribution in [1.82, 2.24) is 5.32 Å². The first-order valence-corrected chi connectivity index (χ1v) is 6.24. The summed E-state index contributed by atoms with van der Waals surface area (Å²) in [5.74, 6) is -0.435. The van der Waals surface area contributed by atoms with E-state index in [4.69, 9.17) is 11.6 Å². The molecule has 1 aliphatic carbocycles. The van der Waals surface area contributed by atoms with Crippen LogP contribution in [0.25, 0.3) is 0 Å². The normalized spacial score (nSPS) is 19.1. The summed E-state index contributed by atoms with van der Waals surface area (Å²) >= 11 is 5.87. The molecule has 0 radical (unpaired) electrons. The van der Waals surface area contributed by atoms with Crippen LogP contribution in [0.2, 0.25) is 5.02 Å². The summed E-state index contributed by atoms with van der Waals surface area (Å²) in [6, 6.07) is 5.23. The van der Waals surface area contributed by atoms with E-state index < -0.39 is 11.4 Å². The zero-order chi connectivity index (χ0) is 12.5. The summed E-state index contributed by atoms with van der Waals surface area (Å²) in [6.07, 6.45) is 2.71. The fourth-order valence-corrected chi connectivity index (χ4v) is 2.00. The van der Waals surface area contributed by atoms with Crippen LogP contribution in [0.4, 0.5) is 4.39 Å². The molecule has 1 aromatic rings. The van der Waals surface area contributed by atoms with Gasteiger partial charge in [-0.2, -0.15) is 0 Å². The molecule has 1 saturated carbocycles. The minimum absolute atomic E-state index is 0.110. The highest BCUT2D eigenvalue weighted by Crippen LogP contribution is 2.25. The summed E-state index contributed by atoms with van der Waals surface area (Å²) in [5, 5.41) is 13.6. The Hall–Kier alpha value is -0.640. The van der Waals surface area contributed by atoms with E-state index in [9.17, 15) is 9.50 Å². The molecular formula is C13H17ClFNO. The number of hydrogen-bond donors (Lipinski definition) is 2. The van der Waals surface area contributed by atoms with E-state index in [-0.39, 0.29) is 5.02 Å². The van der Waals surface area contributed by atoms with Gasteiger partial charge in [-0.15, -0.1) is 0 Å². The number of benzene rings is 1. The fraction of sp³-hybridized carbons (Fsp3) is 0.538. The van der Waals surface area contributed by atoms with Crippen molar-refractivity contribution in [1.29, 1.82) is 0 Å². The molecule has 1 atom stereocenters. The number of rotatable bonds is 5. The number of aliphatic hydroxyl groups is 1. The Morgan fingerprint density at radius 2 is 2.24 bits per heavy atom. The first-order chi connectivity index (χ1) is 7.98. The number of nitrogens with one attached hydrogen (secondary N) is 1. The summed E-state index contributed by atoms with van der Waals surface area (Å²) in [6.45, 7) is 2.24. The van der Waals surface area contributed by atoms with Crippen molar-refractivity contribution in [2.75, 3.05) is 6.54 Å². The van der Waals surface area contributed by atoms with Crippen molar-refractivity contribution >= 4 is 11.6 Å². The van der Waals surface area contributed by atoms with Gasteiger partial charge >= 0.3 is 0 Å². The standard InChI is InChI=1S/C13H17ClFNO/c1-13(17,8-16-10-5-6-10)7-9-3-2-4-11(15)12(9)14/h2-4,10,16-17H,5-8H2,1H3. The Bertz CT molecular complexity index is 404. The average molecular weight is 258 g/mol. The lowest BCUT2D eigenvalue weighted by atomic mass is 9.96. The third kappa shape index (κ3) is 3.66. The monoisotopic (exact) mass is 257 g/mol. The molecule has 1 aliphatic rings. The lowest BCUT2D eigenvalue weighted by Crippen LogP contribution is -2.40. The molecule has 2 nitrogen and oxygen atoms in total. The Morgan fingerprint density at radius 1 is 1.53 bits per heavy atom. The third-order valence-electron chi connectivity index (χ3n) is 2.95. The van der Waals surface area contributed by atoms with E-state index in [1.807, 2.05) is 0 Å². The van der Waals surface area contributed by atoms with Crippen LogP contribution in [-0.4, -0.2) is 23.3 Å². The van der Waals surface area contributed by atoms with E-state index in [0.29, 0.717) is 24.6 Å². The molecular weight excluding hydrogens is 241 g/mol. The minimum Gasteiger partial charge on any atom is -0.389 e. The Labute approximate surface area is 106 Å². The van der Waals surface area contributed by atoms with Gasteiger partial charge in [-0.05, 0) is 31.4 Å². The topological polar surface area (TPSA) is 32.3 Å². The third-order valence-corrected chi connectivity index (χ3v) is 3.38. The quantitative estimate of drug-likeness (QED) is 0.850. The van der Waals surface area contributed by atoms with Crippen LogP contribution in [-0.2, 0) is 6.42 Å². The first-order valence-electron chi connectivity index (χ1n) is 5.86. The highest BCUT2D eigenvalue weighted by Gasteiger charge is 2.27. The van der Waals surface area contributed by atoms with E-state index in [0.717, 1.165) is 0 Å². The molecule has 0 saturated heterocycles. The second kappa shape index (κ2) is 4.92. The van der Waals surface area contributed by atoms with Crippen molar-refractivity contribution in [3.63, 3.8) is 0 Å². The highest BCUT2D eigenvalue weighted by molar-refractivity contribution is 6.31. The molecule has 1 fully saturated rings. The second-order valence-corrected chi connectivity index (χ2v) is 5.42. The van der Waals surface area contributed by atoms with Crippen molar-refractivity contribution in [3.8, 4) is 0 Å². The lowest BCUT2D eigenvalue weighted by molar-refractivity contribution is 0.0597. The number of halogens is 2. The van der Waals surface area contributed by atoms with E-state index in [1.165, 1.54) is 18.9 Å². The molecule has 1 aromatic carbocycles. The van der Waals surface area contributed by atoms with Gasteiger partial charge in [-0.3, -0.25) is 0 Å². The van der Waals surface area contributed by atoms with E-state index in [2.05, 4.69) is 5.32 Å². The van der Waals surface area contributed by atoms with Crippen LogP contribution in [0.5, 0.6) is 0 Å². The van der Waals surface area contributed by atoms with Crippen LogP contribution in [0, 0.1) is 5.82 Å². The second-order valence-electron chi connectivity index (χ2n) is 5.04. The van der Waals surface area contributed by atoms with E-state index in [1.54, 1.807) is 19.1 Å². The van der Waals surface area contributed by atoms with Gasteiger partial charge in [0.05, 0.1) is 10.6 Å². The van der Waals surface area contributed by atoms with Crippen molar-refractivity contribution < 1.29 is 9.50 Å². The Balaban J connectivity index is 1.99. The van der Waals surface area contributed by atoms with Gasteiger partial charge in [0.25, 0.3) is 0 Å². The largest absolute Gasteiger partial charge is 0.389 e. The lowest BCUT2D eigenvalue weighted by Gasteiger charge is -2.24. The summed E-state index contributed by atoms with van der Waals surface area (Å²) in [4.78, 5) is 0. The van der Waals surface area contributed by atoms with Crippen molar-refractivity contribution in [3.05, 3.63) is 34.6 Å². The minimum atomic E-state index is -0.903. The molecule has 0 aromatic heterocycles. The van der Waals surface area contributed by atoms with Crippen molar-refractivity contribution in [2.45, 2.75) is 37.8 Å². The summed E-state index contributed by atoms with van der Waals surface area (Å²) in [7, 11) is 0. The molecule has 17 heavy (non-hydrogen) atoms. The van der Waals surface area contributed by atoms with Crippen molar-refractivity contribution in [2.24, 2.45) is 0 Å². The van der Waals surface area contributed by atoms with Crippen LogP contribution in [0.1, 0.15) is 25.3 Å². The van der Waals surface area contributed by atoms with Crippen LogP contribution < -0.4 is 5.32 Å². The van der Waals surface area contributed by atoms with Crippen LogP contribution >= 0.6 is 11.6 Å². The van der Waals surface area contributed by atoms with Gasteiger partial charge in [0.1, 0.15) is 5.82 Å². The molecule has 2 N–H and O–H groups in total. The van der Waals surface area contributed by atoms with Gasteiger partial charge in [0.2, 0.25) is 0 Å². The molecule has 0 spiro atoms. The molecule has 0 bridgehead atoms. The SMILES string of the molecule is CC(O)(CNC1CC1)Cc1cccc(F)c1Cl. The van der Waals surface area contributed by atoms with Gasteiger partial charge in [-0.25, -0.2) is 4.39 Å². The predicted molar refractivity (Wildman–Crippen MR) is 66.8 cm³/mol. The smallest absolute Gasteiger partial charge is 0.142 e. The Morgan fingerprint density at radius 3 is 2.88 bits per heavy atom. The van der Waals surface area contributed by atoms with Crippen LogP contribution in [0.3, 0.4) is 0 Å². The molecule has 0 amide bonds. The van der Waals surface area contributed by atoms with Gasteiger partial charge in [0.15, 0.2) is 0 Å². The molecule has 4 heteroatoms. The maximum atomic E-state index is 13.2. The first kappa shape index (κ1) is 12.8. The maximum absolute atomic E-state index is 13.2. The Kier molecular flexibility index (Phi) is 3.71. The average Bonchev–Trinajstić information content (AvgIpc) is 3.06. The molecule has 0 heterocycles. The van der Waals surface area contributed by atoms with Gasteiger partial charge < -0.3 is 10.4 Å².